The molecule has 2 bridgehead atoms. The zero-order chi connectivity index (χ0) is 14.6. The molecule has 1 saturated carbocycles. The Labute approximate surface area is 108 Å². The van der Waals surface area contributed by atoms with Crippen molar-refractivity contribution < 1.29 is 27.5 Å². The Kier molecular flexibility index (Phi) is 2.99. The van der Waals surface area contributed by atoms with E-state index in [9.17, 15) is 27.5 Å². The summed E-state index contributed by atoms with van der Waals surface area (Å²) in [6.45, 7) is 2.98. The summed E-state index contributed by atoms with van der Waals surface area (Å²) in [4.78, 5) is 11.6. The lowest BCUT2D eigenvalue weighted by Gasteiger charge is -2.47. The first-order chi connectivity index (χ1) is 8.64. The van der Waals surface area contributed by atoms with Crippen molar-refractivity contribution in [2.75, 3.05) is 0 Å². The molecule has 2 rings (SSSR count). The molecule has 0 aromatic carbocycles. The molecule has 5 unspecified atom stereocenters. The van der Waals surface area contributed by atoms with E-state index in [1.165, 1.54) is 19.1 Å². The van der Waals surface area contributed by atoms with Crippen LogP contribution in [0.4, 0.5) is 17.6 Å². The molecule has 2 nitrogen and oxygen atoms in total. The maximum Gasteiger partial charge on any atom is 0.424 e. The zero-order valence-corrected chi connectivity index (χ0v) is 10.7. The summed E-state index contributed by atoms with van der Waals surface area (Å²) in [7, 11) is 0. The third-order valence-electron chi connectivity index (χ3n) is 4.94. The number of hydrogen-bond donors (Lipinski definition) is 1. The van der Waals surface area contributed by atoms with E-state index < -0.39 is 41.0 Å². The molecule has 0 aromatic rings. The SMILES string of the molecule is CCC(C)C1(C(=O)O)C2C=CC(C2)C1(F)C(F)(F)F. The highest BCUT2D eigenvalue weighted by Gasteiger charge is 2.82. The fourth-order valence-electron chi connectivity index (χ4n) is 3.92. The first kappa shape index (κ1) is 14.3. The molecular formula is C13H16F4O2. The average molecular weight is 280 g/mol. The quantitative estimate of drug-likeness (QED) is 0.633. The minimum absolute atomic E-state index is 0.0767. The molecule has 0 aliphatic heterocycles. The Hall–Kier alpha value is -1.07. The maximum atomic E-state index is 15.0. The molecule has 1 fully saturated rings. The van der Waals surface area contributed by atoms with Gasteiger partial charge < -0.3 is 5.11 Å². The normalized spacial score (nSPS) is 42.6. The highest BCUT2D eigenvalue weighted by atomic mass is 19.4. The monoisotopic (exact) mass is 280 g/mol. The molecule has 0 amide bonds. The van der Waals surface area contributed by atoms with Crippen molar-refractivity contribution in [2.45, 2.75) is 38.5 Å². The lowest BCUT2D eigenvalue weighted by atomic mass is 9.58. The van der Waals surface area contributed by atoms with Crippen molar-refractivity contribution in [3.63, 3.8) is 0 Å². The van der Waals surface area contributed by atoms with Crippen molar-refractivity contribution in [1.82, 2.24) is 0 Å². The molecule has 0 saturated heterocycles. The number of fused-ring (bicyclic) bond motifs is 2. The molecule has 19 heavy (non-hydrogen) atoms. The summed E-state index contributed by atoms with van der Waals surface area (Å²) >= 11 is 0. The van der Waals surface area contributed by atoms with Gasteiger partial charge in [-0.1, -0.05) is 32.4 Å². The average Bonchev–Trinajstić information content (AvgIpc) is 2.85. The van der Waals surface area contributed by atoms with Crippen molar-refractivity contribution >= 4 is 5.97 Å². The van der Waals surface area contributed by atoms with Crippen molar-refractivity contribution in [3.05, 3.63) is 12.2 Å². The number of carboxylic acids is 1. The van der Waals surface area contributed by atoms with Crippen LogP contribution >= 0.6 is 0 Å². The first-order valence-electron chi connectivity index (χ1n) is 6.31. The van der Waals surface area contributed by atoms with Gasteiger partial charge in [-0.15, -0.1) is 0 Å². The number of rotatable bonds is 3. The second-order valence-electron chi connectivity index (χ2n) is 5.53. The molecule has 2 aliphatic rings. The van der Waals surface area contributed by atoms with Crippen LogP contribution in [-0.4, -0.2) is 22.9 Å². The standard InChI is InChI=1S/C13H16F4O2/c1-3-7(2)11(10(18)19)8-4-5-9(6-8)12(11,14)13(15,16)17/h4-5,7-9H,3,6H2,1-2H3,(H,18,19). The summed E-state index contributed by atoms with van der Waals surface area (Å²) < 4.78 is 54.8. The molecule has 0 spiro atoms. The van der Waals surface area contributed by atoms with Crippen LogP contribution in [-0.2, 0) is 4.79 Å². The van der Waals surface area contributed by atoms with Crippen LogP contribution in [0.5, 0.6) is 0 Å². The highest BCUT2D eigenvalue weighted by molar-refractivity contribution is 5.79. The third kappa shape index (κ3) is 1.40. The lowest BCUT2D eigenvalue weighted by Crippen LogP contribution is -2.63. The van der Waals surface area contributed by atoms with Gasteiger partial charge in [0.2, 0.25) is 5.67 Å². The largest absolute Gasteiger partial charge is 0.481 e. The molecular weight excluding hydrogens is 264 g/mol. The van der Waals surface area contributed by atoms with Gasteiger partial charge in [-0.3, -0.25) is 4.79 Å². The fraction of sp³-hybridized carbons (Fsp3) is 0.769. The minimum Gasteiger partial charge on any atom is -0.481 e. The van der Waals surface area contributed by atoms with E-state index in [0.29, 0.717) is 0 Å². The number of allylic oxidation sites excluding steroid dienone is 2. The van der Waals surface area contributed by atoms with Crippen LogP contribution < -0.4 is 0 Å². The Morgan fingerprint density at radius 1 is 1.42 bits per heavy atom. The van der Waals surface area contributed by atoms with Gasteiger partial charge in [0.15, 0.2) is 0 Å². The van der Waals surface area contributed by atoms with E-state index in [4.69, 9.17) is 0 Å². The van der Waals surface area contributed by atoms with Crippen LogP contribution in [0.25, 0.3) is 0 Å². The Balaban J connectivity index is 2.69. The summed E-state index contributed by atoms with van der Waals surface area (Å²) in [6.07, 6.45) is -2.45. The second kappa shape index (κ2) is 3.96. The van der Waals surface area contributed by atoms with Crippen LogP contribution in [0, 0.1) is 23.2 Å². The smallest absolute Gasteiger partial charge is 0.424 e. The molecule has 1 N–H and O–H groups in total. The summed E-state index contributed by atoms with van der Waals surface area (Å²) in [5.41, 5.74) is -6.08. The van der Waals surface area contributed by atoms with Gasteiger partial charge in [0.1, 0.15) is 5.41 Å². The lowest BCUT2D eigenvalue weighted by molar-refractivity contribution is -0.283. The molecule has 0 radical (unpaired) electrons. The van der Waals surface area contributed by atoms with Gasteiger partial charge >= 0.3 is 12.1 Å². The van der Waals surface area contributed by atoms with E-state index in [-0.39, 0.29) is 12.8 Å². The van der Waals surface area contributed by atoms with Crippen LogP contribution in [0.15, 0.2) is 12.2 Å². The number of aliphatic carboxylic acids is 1. The molecule has 6 heteroatoms. The number of hydrogen-bond acceptors (Lipinski definition) is 1. The van der Waals surface area contributed by atoms with Crippen molar-refractivity contribution in [2.24, 2.45) is 23.2 Å². The number of alkyl halides is 4. The molecule has 2 aliphatic carbocycles. The predicted molar refractivity (Wildman–Crippen MR) is 60.2 cm³/mol. The maximum absolute atomic E-state index is 15.0. The summed E-state index contributed by atoms with van der Waals surface area (Å²) in [5.74, 6) is -4.85. The van der Waals surface area contributed by atoms with Crippen LogP contribution in [0.3, 0.4) is 0 Å². The molecule has 0 heterocycles. The van der Waals surface area contributed by atoms with E-state index >= 15 is 0 Å². The van der Waals surface area contributed by atoms with Gasteiger partial charge in [0.05, 0.1) is 0 Å². The second-order valence-corrected chi connectivity index (χ2v) is 5.53. The van der Waals surface area contributed by atoms with E-state index in [2.05, 4.69) is 0 Å². The van der Waals surface area contributed by atoms with E-state index in [0.717, 1.165) is 0 Å². The number of carbonyl (C=O) groups is 1. The van der Waals surface area contributed by atoms with E-state index in [1.54, 1.807) is 6.92 Å². The van der Waals surface area contributed by atoms with Gasteiger partial charge in [-0.25, -0.2) is 4.39 Å². The fourth-order valence-corrected chi connectivity index (χ4v) is 3.92. The third-order valence-corrected chi connectivity index (χ3v) is 4.94. The van der Waals surface area contributed by atoms with Crippen LogP contribution in [0.1, 0.15) is 26.7 Å². The van der Waals surface area contributed by atoms with Crippen molar-refractivity contribution in [3.8, 4) is 0 Å². The number of halogens is 4. The topological polar surface area (TPSA) is 37.3 Å². The first-order valence-corrected chi connectivity index (χ1v) is 6.31. The van der Waals surface area contributed by atoms with Gasteiger partial charge in [-0.05, 0) is 18.3 Å². The number of carboxylic acid groups (broad SMARTS) is 1. The highest BCUT2D eigenvalue weighted by Crippen LogP contribution is 2.68. The predicted octanol–water partition coefficient (Wildman–Crippen LogP) is 3.58. The minimum atomic E-state index is -5.18. The van der Waals surface area contributed by atoms with Gasteiger partial charge in [0.25, 0.3) is 0 Å². The van der Waals surface area contributed by atoms with Gasteiger partial charge in [0, 0.05) is 5.92 Å². The Morgan fingerprint density at radius 2 is 1.95 bits per heavy atom. The van der Waals surface area contributed by atoms with Gasteiger partial charge in [-0.2, -0.15) is 13.2 Å². The Morgan fingerprint density at radius 3 is 2.37 bits per heavy atom. The Bertz CT molecular complexity index is 431. The molecule has 5 atom stereocenters. The van der Waals surface area contributed by atoms with Crippen LogP contribution in [0.2, 0.25) is 0 Å². The summed E-state index contributed by atoms with van der Waals surface area (Å²) in [6, 6.07) is 0. The zero-order valence-electron chi connectivity index (χ0n) is 10.7. The van der Waals surface area contributed by atoms with E-state index in [1.807, 2.05) is 0 Å². The molecule has 0 aromatic heterocycles. The van der Waals surface area contributed by atoms with Crippen molar-refractivity contribution in [1.29, 1.82) is 0 Å². The summed E-state index contributed by atoms with van der Waals surface area (Å²) in [5, 5.41) is 9.41. The molecule has 108 valence electrons.